The topological polar surface area (TPSA) is 73.0 Å². The number of hydrogen-bond donors (Lipinski definition) is 1. The molecule has 1 amide bonds. The molecule has 2 heterocycles. The molecule has 1 N–H and O–H groups in total. The molecule has 34 heavy (non-hydrogen) atoms. The number of benzene rings is 3. The van der Waals surface area contributed by atoms with Crippen molar-refractivity contribution in [3.8, 4) is 23.0 Å². The van der Waals surface area contributed by atoms with Crippen molar-refractivity contribution in [3.63, 3.8) is 0 Å². The first-order valence-electron chi connectivity index (χ1n) is 11.1. The normalized spacial score (nSPS) is 12.1. The van der Waals surface area contributed by atoms with Crippen LogP contribution in [0.2, 0.25) is 0 Å². The maximum Gasteiger partial charge on any atom is 0.254 e. The summed E-state index contributed by atoms with van der Waals surface area (Å²) in [7, 11) is 3.30. The van der Waals surface area contributed by atoms with E-state index in [2.05, 4.69) is 4.98 Å². The number of amides is 1. The first-order valence-corrected chi connectivity index (χ1v) is 11.1. The number of H-pyrrole nitrogens is 1. The van der Waals surface area contributed by atoms with Gasteiger partial charge in [0.15, 0.2) is 11.5 Å². The Balaban J connectivity index is 1.40. The van der Waals surface area contributed by atoms with Crippen molar-refractivity contribution < 1.29 is 23.7 Å². The zero-order valence-electron chi connectivity index (χ0n) is 19.2. The summed E-state index contributed by atoms with van der Waals surface area (Å²) < 4.78 is 21.5. The second-order valence-electron chi connectivity index (χ2n) is 8.12. The Hall–Kier alpha value is -4.13. The highest BCUT2D eigenvalue weighted by Gasteiger charge is 2.21. The van der Waals surface area contributed by atoms with Gasteiger partial charge >= 0.3 is 0 Å². The monoisotopic (exact) mass is 458 g/mol. The lowest BCUT2D eigenvalue weighted by atomic mass is 10.1. The molecule has 0 aliphatic carbocycles. The molecular formula is C27H26N2O5. The Bertz CT molecular complexity index is 1310. The first-order chi connectivity index (χ1) is 16.6. The van der Waals surface area contributed by atoms with E-state index in [1.807, 2.05) is 53.6 Å². The number of rotatable bonds is 8. The van der Waals surface area contributed by atoms with Crippen LogP contribution in [0.1, 0.15) is 21.5 Å². The fraction of sp³-hybridized carbons (Fsp3) is 0.222. The minimum absolute atomic E-state index is 0.0634. The number of carbonyl (C=O) groups excluding carboxylic acids is 1. The second-order valence-corrected chi connectivity index (χ2v) is 8.12. The maximum absolute atomic E-state index is 13.6. The average Bonchev–Trinajstić information content (AvgIpc) is 3.52. The smallest absolute Gasteiger partial charge is 0.254 e. The maximum atomic E-state index is 13.6. The number of nitrogens with one attached hydrogen (secondary N) is 1. The summed E-state index contributed by atoms with van der Waals surface area (Å²) in [6.45, 7) is 1.19. The first kappa shape index (κ1) is 21.7. The molecular weight excluding hydrogens is 432 g/mol. The summed E-state index contributed by atoms with van der Waals surface area (Å²) in [4.78, 5) is 18.7. The van der Waals surface area contributed by atoms with E-state index in [0.717, 1.165) is 33.5 Å². The van der Waals surface area contributed by atoms with Crippen molar-refractivity contribution in [2.24, 2.45) is 0 Å². The number of aromatic nitrogens is 1. The summed E-state index contributed by atoms with van der Waals surface area (Å²) in [5.74, 6) is 2.78. The summed E-state index contributed by atoms with van der Waals surface area (Å²) >= 11 is 0. The van der Waals surface area contributed by atoms with Crippen molar-refractivity contribution in [2.75, 3.05) is 27.6 Å². The van der Waals surface area contributed by atoms with Gasteiger partial charge in [-0.25, -0.2) is 0 Å². The van der Waals surface area contributed by atoms with Crippen molar-refractivity contribution in [2.45, 2.75) is 13.0 Å². The third-order valence-corrected chi connectivity index (χ3v) is 6.06. The number of fused-ring (bicyclic) bond motifs is 2. The quantitative estimate of drug-likeness (QED) is 0.411. The Kier molecular flexibility index (Phi) is 5.99. The lowest BCUT2D eigenvalue weighted by Crippen LogP contribution is -2.32. The predicted octanol–water partition coefficient (Wildman–Crippen LogP) is 4.80. The van der Waals surface area contributed by atoms with Crippen LogP contribution in [0.5, 0.6) is 23.0 Å². The van der Waals surface area contributed by atoms with Gasteiger partial charge in [-0.15, -0.1) is 0 Å². The van der Waals surface area contributed by atoms with Gasteiger partial charge in [-0.05, 0) is 66.1 Å². The Morgan fingerprint density at radius 3 is 2.50 bits per heavy atom. The Morgan fingerprint density at radius 2 is 1.71 bits per heavy atom. The van der Waals surface area contributed by atoms with Crippen LogP contribution >= 0.6 is 0 Å². The molecule has 7 nitrogen and oxygen atoms in total. The molecule has 7 heteroatoms. The summed E-state index contributed by atoms with van der Waals surface area (Å²) in [6, 6.07) is 19.1. The molecule has 0 fully saturated rings. The highest BCUT2D eigenvalue weighted by molar-refractivity contribution is 5.95. The van der Waals surface area contributed by atoms with E-state index in [4.69, 9.17) is 18.9 Å². The molecule has 0 unspecified atom stereocenters. The van der Waals surface area contributed by atoms with E-state index in [1.54, 1.807) is 32.4 Å². The van der Waals surface area contributed by atoms with Gasteiger partial charge in [-0.1, -0.05) is 12.1 Å². The van der Waals surface area contributed by atoms with Gasteiger partial charge in [0.05, 0.1) is 14.2 Å². The number of hydrogen-bond acceptors (Lipinski definition) is 5. The summed E-state index contributed by atoms with van der Waals surface area (Å²) in [6.07, 6.45) is 2.69. The van der Waals surface area contributed by atoms with E-state index in [1.165, 1.54) is 0 Å². The van der Waals surface area contributed by atoms with Gasteiger partial charge in [-0.3, -0.25) is 4.79 Å². The minimum Gasteiger partial charge on any atom is -0.497 e. The number of ether oxygens (including phenoxy) is 4. The van der Waals surface area contributed by atoms with Crippen LogP contribution in [0, 0.1) is 0 Å². The number of aromatic amines is 1. The van der Waals surface area contributed by atoms with Crippen LogP contribution in [0.25, 0.3) is 10.9 Å². The Morgan fingerprint density at radius 1 is 0.941 bits per heavy atom. The van der Waals surface area contributed by atoms with Crippen molar-refractivity contribution in [1.82, 2.24) is 9.88 Å². The highest BCUT2D eigenvalue weighted by atomic mass is 16.7. The molecule has 0 spiro atoms. The highest BCUT2D eigenvalue weighted by Crippen LogP contribution is 2.33. The standard InChI is InChI=1S/C27H26N2O5/c1-31-21-6-3-18(4-7-21)16-29(27(30)19-5-10-25-26(13-19)34-17-33-25)12-11-20-15-28-24-9-8-22(32-2)14-23(20)24/h3-10,13-15,28H,11-12,16-17H2,1-2H3. The molecule has 0 saturated carbocycles. The summed E-state index contributed by atoms with van der Waals surface area (Å²) in [5, 5.41) is 1.10. The third-order valence-electron chi connectivity index (χ3n) is 6.06. The van der Waals surface area contributed by atoms with Crippen LogP contribution in [0.15, 0.2) is 66.9 Å². The zero-order valence-corrected chi connectivity index (χ0v) is 19.2. The van der Waals surface area contributed by atoms with Crippen LogP contribution in [-0.4, -0.2) is 43.3 Å². The second kappa shape index (κ2) is 9.39. The van der Waals surface area contributed by atoms with Gasteiger partial charge < -0.3 is 28.8 Å². The molecule has 4 aromatic rings. The van der Waals surface area contributed by atoms with Gasteiger partial charge in [0, 0.05) is 35.8 Å². The van der Waals surface area contributed by atoms with E-state index < -0.39 is 0 Å². The molecule has 0 bridgehead atoms. The van der Waals surface area contributed by atoms with E-state index >= 15 is 0 Å². The van der Waals surface area contributed by atoms with Crippen molar-refractivity contribution in [3.05, 3.63) is 83.6 Å². The van der Waals surface area contributed by atoms with Gasteiger partial charge in [-0.2, -0.15) is 0 Å². The van der Waals surface area contributed by atoms with Gasteiger partial charge in [0.1, 0.15) is 11.5 Å². The van der Waals surface area contributed by atoms with E-state index in [-0.39, 0.29) is 12.7 Å². The predicted molar refractivity (Wildman–Crippen MR) is 129 cm³/mol. The number of carbonyl (C=O) groups is 1. The minimum atomic E-state index is -0.0634. The molecule has 0 radical (unpaired) electrons. The largest absolute Gasteiger partial charge is 0.497 e. The molecule has 174 valence electrons. The molecule has 1 aliphatic rings. The molecule has 5 rings (SSSR count). The molecule has 3 aromatic carbocycles. The Labute approximate surface area is 197 Å². The fourth-order valence-electron chi connectivity index (χ4n) is 4.16. The lowest BCUT2D eigenvalue weighted by Gasteiger charge is -2.23. The SMILES string of the molecule is COc1ccc(CN(CCc2c[nH]c3ccc(OC)cc23)C(=O)c2ccc3c(c2)OCO3)cc1. The van der Waals surface area contributed by atoms with Gasteiger partial charge in [0.25, 0.3) is 5.91 Å². The third kappa shape index (κ3) is 4.37. The molecule has 0 atom stereocenters. The average molecular weight is 459 g/mol. The molecule has 1 aromatic heterocycles. The van der Waals surface area contributed by atoms with Crippen LogP contribution < -0.4 is 18.9 Å². The van der Waals surface area contributed by atoms with Crippen LogP contribution in [0.3, 0.4) is 0 Å². The van der Waals surface area contributed by atoms with Gasteiger partial charge in [0.2, 0.25) is 6.79 Å². The zero-order chi connectivity index (χ0) is 23.5. The summed E-state index contributed by atoms with van der Waals surface area (Å²) in [5.41, 5.74) is 3.76. The fourth-order valence-corrected chi connectivity index (χ4v) is 4.16. The van der Waals surface area contributed by atoms with Crippen LogP contribution in [0.4, 0.5) is 0 Å². The number of methoxy groups -OCH3 is 2. The molecule has 1 aliphatic heterocycles. The van der Waals surface area contributed by atoms with Crippen LogP contribution in [-0.2, 0) is 13.0 Å². The number of nitrogens with zero attached hydrogens (tertiary/aromatic N) is 1. The van der Waals surface area contributed by atoms with Crippen molar-refractivity contribution >= 4 is 16.8 Å². The van der Waals surface area contributed by atoms with E-state index in [9.17, 15) is 4.79 Å². The van der Waals surface area contributed by atoms with E-state index in [0.29, 0.717) is 36.6 Å². The molecule has 0 saturated heterocycles. The van der Waals surface area contributed by atoms with Crippen molar-refractivity contribution in [1.29, 1.82) is 0 Å². The lowest BCUT2D eigenvalue weighted by molar-refractivity contribution is 0.0744.